The molecule has 1 aliphatic rings. The van der Waals surface area contributed by atoms with Gasteiger partial charge < -0.3 is 5.11 Å². The number of halogens is 1. The Labute approximate surface area is 192 Å². The summed E-state index contributed by atoms with van der Waals surface area (Å²) in [5.41, 5.74) is 2.76. The van der Waals surface area contributed by atoms with E-state index < -0.39 is 23.5 Å². The van der Waals surface area contributed by atoms with E-state index in [1.807, 2.05) is 25.1 Å². The lowest BCUT2D eigenvalue weighted by atomic mass is 9.84. The maximum Gasteiger partial charge on any atom is 0.300 e. The number of Topliss-reactive ketones (excluding diaryl/α,β-unsaturated/α-hetero) is 1. The first-order valence-corrected chi connectivity index (χ1v) is 10.7. The number of anilines is 1. The van der Waals surface area contributed by atoms with Gasteiger partial charge in [-0.05, 0) is 59.4 Å². The molecule has 0 aliphatic carbocycles. The number of hydrogen-bond acceptors (Lipinski definition) is 4. The molecule has 1 aromatic heterocycles. The van der Waals surface area contributed by atoms with Gasteiger partial charge in [0.15, 0.2) is 0 Å². The van der Waals surface area contributed by atoms with Crippen LogP contribution in [0.3, 0.4) is 0 Å². The van der Waals surface area contributed by atoms with Crippen LogP contribution in [0.1, 0.15) is 49.1 Å². The quantitative estimate of drug-likeness (QED) is 0.331. The SMILES string of the molecule is Cc1ccc(C(C)(C)C)cc1/C(O)=C1\C(=O)C(=O)N(c2cccc(F)c2)C1c1cccnc1. The molecule has 6 heteroatoms. The number of carbonyl (C=O) groups is 2. The summed E-state index contributed by atoms with van der Waals surface area (Å²) in [7, 11) is 0. The van der Waals surface area contributed by atoms with Crippen molar-refractivity contribution >= 4 is 23.1 Å². The molecule has 168 valence electrons. The van der Waals surface area contributed by atoms with Gasteiger partial charge in [-0.25, -0.2) is 4.39 Å². The van der Waals surface area contributed by atoms with Crippen LogP contribution in [0.25, 0.3) is 5.76 Å². The van der Waals surface area contributed by atoms with Crippen molar-refractivity contribution in [3.63, 3.8) is 0 Å². The molecule has 1 amide bonds. The van der Waals surface area contributed by atoms with Crippen molar-refractivity contribution in [3.8, 4) is 0 Å². The number of aryl methyl sites for hydroxylation is 1. The van der Waals surface area contributed by atoms with Gasteiger partial charge in [-0.15, -0.1) is 0 Å². The Hall–Kier alpha value is -3.80. The summed E-state index contributed by atoms with van der Waals surface area (Å²) in [5.74, 6) is -2.45. The normalized spacial score (nSPS) is 18.1. The number of rotatable bonds is 3. The molecule has 1 atom stereocenters. The molecule has 0 spiro atoms. The second kappa shape index (κ2) is 8.28. The lowest BCUT2D eigenvalue weighted by Crippen LogP contribution is -2.29. The third kappa shape index (κ3) is 4.04. The second-order valence-electron chi connectivity index (χ2n) is 9.22. The van der Waals surface area contributed by atoms with Crippen molar-refractivity contribution in [2.24, 2.45) is 0 Å². The maximum absolute atomic E-state index is 14.0. The zero-order valence-corrected chi connectivity index (χ0v) is 19.0. The van der Waals surface area contributed by atoms with Gasteiger partial charge in [0.2, 0.25) is 0 Å². The number of aliphatic hydroxyl groups excluding tert-OH is 1. The smallest absolute Gasteiger partial charge is 0.300 e. The predicted molar refractivity (Wildman–Crippen MR) is 125 cm³/mol. The van der Waals surface area contributed by atoms with E-state index in [2.05, 4.69) is 25.8 Å². The number of carbonyl (C=O) groups excluding carboxylic acids is 2. The fraction of sp³-hybridized carbons (Fsp3) is 0.222. The molecule has 3 aromatic rings. The fourth-order valence-electron chi connectivity index (χ4n) is 4.07. The predicted octanol–water partition coefficient (Wildman–Crippen LogP) is 5.45. The van der Waals surface area contributed by atoms with Crippen LogP contribution in [-0.4, -0.2) is 21.8 Å². The highest BCUT2D eigenvalue weighted by molar-refractivity contribution is 6.51. The van der Waals surface area contributed by atoms with Crippen LogP contribution in [0.2, 0.25) is 0 Å². The number of amides is 1. The lowest BCUT2D eigenvalue weighted by molar-refractivity contribution is -0.132. The highest BCUT2D eigenvalue weighted by Crippen LogP contribution is 2.42. The van der Waals surface area contributed by atoms with E-state index >= 15 is 0 Å². The van der Waals surface area contributed by atoms with Crippen LogP contribution in [0.5, 0.6) is 0 Å². The number of hydrogen-bond donors (Lipinski definition) is 1. The van der Waals surface area contributed by atoms with Crippen molar-refractivity contribution < 1.29 is 19.1 Å². The molecule has 1 saturated heterocycles. The maximum atomic E-state index is 14.0. The molecule has 1 unspecified atom stereocenters. The van der Waals surface area contributed by atoms with Gasteiger partial charge in [-0.2, -0.15) is 0 Å². The Balaban J connectivity index is 1.98. The highest BCUT2D eigenvalue weighted by atomic mass is 19.1. The first kappa shape index (κ1) is 22.4. The second-order valence-corrected chi connectivity index (χ2v) is 9.22. The van der Waals surface area contributed by atoms with Crippen molar-refractivity contribution in [1.29, 1.82) is 0 Å². The van der Waals surface area contributed by atoms with Gasteiger partial charge in [-0.1, -0.05) is 45.0 Å². The molecule has 4 rings (SSSR count). The topological polar surface area (TPSA) is 70.5 Å². The minimum absolute atomic E-state index is 0.0496. The minimum Gasteiger partial charge on any atom is -0.507 e. The molecule has 0 bridgehead atoms. The molecule has 1 aliphatic heterocycles. The Morgan fingerprint density at radius 2 is 1.82 bits per heavy atom. The van der Waals surface area contributed by atoms with Crippen LogP contribution in [0, 0.1) is 12.7 Å². The third-order valence-electron chi connectivity index (χ3n) is 5.89. The van der Waals surface area contributed by atoms with Gasteiger partial charge in [-0.3, -0.25) is 19.5 Å². The first-order valence-electron chi connectivity index (χ1n) is 10.7. The summed E-state index contributed by atoms with van der Waals surface area (Å²) < 4.78 is 14.0. The molecule has 0 radical (unpaired) electrons. The molecular weight excluding hydrogens is 419 g/mol. The average molecular weight is 445 g/mol. The summed E-state index contributed by atoms with van der Waals surface area (Å²) in [6, 6.07) is 13.7. The van der Waals surface area contributed by atoms with E-state index in [-0.39, 0.29) is 22.4 Å². The number of ketones is 1. The zero-order chi connectivity index (χ0) is 23.9. The Bertz CT molecular complexity index is 1280. The Morgan fingerprint density at radius 1 is 1.06 bits per heavy atom. The summed E-state index contributed by atoms with van der Waals surface area (Å²) in [5, 5.41) is 11.4. The van der Waals surface area contributed by atoms with Crippen LogP contribution in [-0.2, 0) is 15.0 Å². The average Bonchev–Trinajstić information content (AvgIpc) is 3.04. The van der Waals surface area contributed by atoms with Crippen LogP contribution in [0.4, 0.5) is 10.1 Å². The fourth-order valence-corrected chi connectivity index (χ4v) is 4.07. The van der Waals surface area contributed by atoms with Crippen molar-refractivity contribution in [3.05, 3.63) is 101 Å². The third-order valence-corrected chi connectivity index (χ3v) is 5.89. The minimum atomic E-state index is -0.946. The number of aromatic nitrogens is 1. The van der Waals surface area contributed by atoms with Gasteiger partial charge in [0.25, 0.3) is 11.7 Å². The Kier molecular flexibility index (Phi) is 5.62. The van der Waals surface area contributed by atoms with Crippen LogP contribution < -0.4 is 4.90 Å². The van der Waals surface area contributed by atoms with Gasteiger partial charge >= 0.3 is 0 Å². The monoisotopic (exact) mass is 444 g/mol. The van der Waals surface area contributed by atoms with Gasteiger partial charge in [0.05, 0.1) is 11.6 Å². The summed E-state index contributed by atoms with van der Waals surface area (Å²) in [6.07, 6.45) is 3.11. The standard InChI is InChI=1S/C27H25FN2O3/c1-16-10-11-18(27(2,3)4)13-21(16)24(31)22-23(17-7-6-12-29-15-17)30(26(33)25(22)32)20-9-5-8-19(28)14-20/h5-15,23,31H,1-4H3/b24-22+. The van der Waals surface area contributed by atoms with Crippen molar-refractivity contribution in [2.45, 2.75) is 39.2 Å². The van der Waals surface area contributed by atoms with Crippen LogP contribution in [0.15, 0.2) is 72.6 Å². The van der Waals surface area contributed by atoms with E-state index in [4.69, 9.17) is 0 Å². The molecule has 33 heavy (non-hydrogen) atoms. The largest absolute Gasteiger partial charge is 0.507 e. The molecule has 1 fully saturated rings. The molecule has 0 saturated carbocycles. The number of pyridine rings is 1. The van der Waals surface area contributed by atoms with E-state index in [1.165, 1.54) is 29.3 Å². The summed E-state index contributed by atoms with van der Waals surface area (Å²) >= 11 is 0. The number of aliphatic hydroxyl groups is 1. The highest BCUT2D eigenvalue weighted by Gasteiger charge is 2.47. The lowest BCUT2D eigenvalue weighted by Gasteiger charge is -2.25. The van der Waals surface area contributed by atoms with Crippen molar-refractivity contribution in [1.82, 2.24) is 4.98 Å². The summed E-state index contributed by atoms with van der Waals surface area (Å²) in [6.45, 7) is 8.00. The number of benzene rings is 2. The Morgan fingerprint density at radius 3 is 2.45 bits per heavy atom. The first-order chi connectivity index (χ1) is 15.6. The van der Waals surface area contributed by atoms with Gasteiger partial charge in [0, 0.05) is 23.6 Å². The van der Waals surface area contributed by atoms with Crippen LogP contribution >= 0.6 is 0 Å². The van der Waals surface area contributed by atoms with E-state index in [1.54, 1.807) is 24.4 Å². The van der Waals surface area contributed by atoms with Gasteiger partial charge in [0.1, 0.15) is 11.6 Å². The molecule has 2 aromatic carbocycles. The van der Waals surface area contributed by atoms with E-state index in [9.17, 15) is 19.1 Å². The zero-order valence-electron chi connectivity index (χ0n) is 19.0. The molecule has 1 N–H and O–H groups in total. The number of nitrogens with zero attached hydrogens (tertiary/aromatic N) is 2. The van der Waals surface area contributed by atoms with E-state index in [0.717, 1.165) is 11.1 Å². The molecule has 2 heterocycles. The molecule has 5 nitrogen and oxygen atoms in total. The van der Waals surface area contributed by atoms with Crippen molar-refractivity contribution in [2.75, 3.05) is 4.90 Å². The molecular formula is C27H25FN2O3. The van der Waals surface area contributed by atoms with E-state index in [0.29, 0.717) is 11.1 Å². The summed E-state index contributed by atoms with van der Waals surface area (Å²) in [4.78, 5) is 31.7.